The molecular weight excluding hydrogens is 168 g/mol. The molecule has 14 heavy (non-hydrogen) atoms. The van der Waals surface area contributed by atoms with E-state index in [1.807, 2.05) is 0 Å². The van der Waals surface area contributed by atoms with E-state index >= 15 is 0 Å². The fourth-order valence-corrected chi connectivity index (χ4v) is 1.34. The Bertz CT molecular complexity index is 228. The molecule has 0 aromatic carbocycles. The first-order valence-electron chi connectivity index (χ1n) is 5.52. The minimum absolute atomic E-state index is 1.01. The molecule has 1 rings (SSSR count). The van der Waals surface area contributed by atoms with Gasteiger partial charge in [0.05, 0.1) is 0 Å². The van der Waals surface area contributed by atoms with E-state index in [9.17, 15) is 0 Å². The molecule has 0 bridgehead atoms. The summed E-state index contributed by atoms with van der Waals surface area (Å²) in [4.78, 5) is 0. The Balaban J connectivity index is 2.35. The van der Waals surface area contributed by atoms with E-state index in [2.05, 4.69) is 48.6 Å². The van der Waals surface area contributed by atoms with Crippen LogP contribution in [0.2, 0.25) is 0 Å². The number of hydrogen-bond donors (Lipinski definition) is 0. The normalized spacial score (nSPS) is 28.6. The number of hydrogen-bond acceptors (Lipinski definition) is 0. The van der Waals surface area contributed by atoms with Crippen LogP contribution < -0.4 is 0 Å². The molecule has 0 saturated carbocycles. The lowest BCUT2D eigenvalue weighted by Gasteiger charge is -1.91. The van der Waals surface area contributed by atoms with Crippen molar-refractivity contribution in [2.75, 3.05) is 0 Å². The second-order valence-electron chi connectivity index (χ2n) is 3.44. The van der Waals surface area contributed by atoms with Crippen LogP contribution >= 0.6 is 0 Å². The van der Waals surface area contributed by atoms with Gasteiger partial charge in [-0.2, -0.15) is 0 Å². The molecule has 75 valence electrons. The van der Waals surface area contributed by atoms with Crippen LogP contribution in [0.5, 0.6) is 0 Å². The maximum Gasteiger partial charge on any atom is -0.0160 e. The monoisotopic (exact) mass is 187 g/mol. The zero-order valence-corrected chi connectivity index (χ0v) is 8.78. The zero-order valence-electron chi connectivity index (χ0n) is 8.78. The minimum Gasteiger partial charge on any atom is -0.0885 e. The van der Waals surface area contributed by atoms with E-state index in [-0.39, 0.29) is 0 Å². The Morgan fingerprint density at radius 3 is 2.57 bits per heavy atom. The molecule has 0 atom stereocenters. The van der Waals surface area contributed by atoms with Gasteiger partial charge in [-0.1, -0.05) is 42.5 Å². The fourth-order valence-electron chi connectivity index (χ4n) is 1.34. The van der Waals surface area contributed by atoms with E-state index in [0.717, 1.165) is 19.3 Å². The third-order valence-electron chi connectivity index (χ3n) is 2.14. The lowest BCUT2D eigenvalue weighted by Crippen LogP contribution is -1.72. The van der Waals surface area contributed by atoms with Gasteiger partial charge in [-0.25, -0.2) is 0 Å². The van der Waals surface area contributed by atoms with E-state index in [1.54, 1.807) is 0 Å². The highest BCUT2D eigenvalue weighted by atomic mass is 13.9. The molecule has 1 radical (unpaired) electrons. The highest BCUT2D eigenvalue weighted by molar-refractivity contribution is 5.04. The molecular formula is C14H19. The Morgan fingerprint density at radius 2 is 1.57 bits per heavy atom. The van der Waals surface area contributed by atoms with Crippen LogP contribution in [0.4, 0.5) is 0 Å². The quantitative estimate of drug-likeness (QED) is 0.494. The largest absolute Gasteiger partial charge is 0.0885 e. The lowest BCUT2D eigenvalue weighted by atomic mass is 10.2. The van der Waals surface area contributed by atoms with Gasteiger partial charge in [0.25, 0.3) is 0 Å². The van der Waals surface area contributed by atoms with Crippen LogP contribution in [-0.2, 0) is 0 Å². The summed E-state index contributed by atoms with van der Waals surface area (Å²) in [6, 6.07) is 0. The average molecular weight is 187 g/mol. The molecule has 1 aliphatic carbocycles. The zero-order chi connectivity index (χ0) is 9.90. The summed E-state index contributed by atoms with van der Waals surface area (Å²) in [6.45, 7) is 0. The van der Waals surface area contributed by atoms with Gasteiger partial charge in [0, 0.05) is 0 Å². The third-order valence-corrected chi connectivity index (χ3v) is 2.14. The number of allylic oxidation sites excluding steroid dienone is 8. The van der Waals surface area contributed by atoms with Gasteiger partial charge >= 0.3 is 0 Å². The van der Waals surface area contributed by atoms with E-state index in [0.29, 0.717) is 0 Å². The van der Waals surface area contributed by atoms with Gasteiger partial charge in [-0.3, -0.25) is 0 Å². The highest BCUT2D eigenvalue weighted by Gasteiger charge is 1.82. The average Bonchev–Trinajstić information content (AvgIpc) is 2.22. The minimum atomic E-state index is 1.01. The Labute approximate surface area is 87.7 Å². The van der Waals surface area contributed by atoms with Crippen molar-refractivity contribution >= 4 is 0 Å². The van der Waals surface area contributed by atoms with Crippen LogP contribution in [0.15, 0.2) is 42.5 Å². The lowest BCUT2D eigenvalue weighted by molar-refractivity contribution is 0.847. The van der Waals surface area contributed by atoms with Crippen molar-refractivity contribution in [1.29, 1.82) is 0 Å². The molecule has 0 saturated heterocycles. The molecule has 0 amide bonds. The summed E-state index contributed by atoms with van der Waals surface area (Å²) < 4.78 is 0. The molecule has 0 heteroatoms. The predicted molar refractivity (Wildman–Crippen MR) is 62.9 cm³/mol. The van der Waals surface area contributed by atoms with Crippen molar-refractivity contribution in [1.82, 2.24) is 0 Å². The summed E-state index contributed by atoms with van der Waals surface area (Å²) >= 11 is 0. The van der Waals surface area contributed by atoms with Crippen molar-refractivity contribution in [2.24, 2.45) is 0 Å². The molecule has 0 nitrogen and oxygen atoms in total. The van der Waals surface area contributed by atoms with Gasteiger partial charge in [-0.05, 0) is 44.6 Å². The maximum absolute atomic E-state index is 3.30. The third kappa shape index (κ3) is 6.47. The Morgan fingerprint density at radius 1 is 0.786 bits per heavy atom. The molecule has 0 unspecified atom stereocenters. The molecule has 0 spiro atoms. The summed E-state index contributed by atoms with van der Waals surface area (Å²) in [5.74, 6) is 0. The molecule has 0 fully saturated rings. The van der Waals surface area contributed by atoms with Crippen molar-refractivity contribution in [3.8, 4) is 0 Å². The van der Waals surface area contributed by atoms with E-state index in [1.165, 1.54) is 19.3 Å². The summed E-state index contributed by atoms with van der Waals surface area (Å²) in [6.07, 6.45) is 25.5. The van der Waals surface area contributed by atoms with Crippen LogP contribution in [0.1, 0.15) is 38.5 Å². The van der Waals surface area contributed by atoms with Gasteiger partial charge in [0.2, 0.25) is 0 Å². The van der Waals surface area contributed by atoms with Crippen molar-refractivity contribution in [3.63, 3.8) is 0 Å². The van der Waals surface area contributed by atoms with Crippen molar-refractivity contribution in [3.05, 3.63) is 48.6 Å². The SMILES string of the molecule is [C]1=C/C/C=C\C=C\CC/C=C\CCC/1. The molecule has 0 aromatic heterocycles. The van der Waals surface area contributed by atoms with Gasteiger partial charge in [-0.15, -0.1) is 0 Å². The van der Waals surface area contributed by atoms with Crippen molar-refractivity contribution in [2.45, 2.75) is 38.5 Å². The van der Waals surface area contributed by atoms with Gasteiger partial charge in [0.1, 0.15) is 0 Å². The maximum atomic E-state index is 3.30. The fraction of sp³-hybridized carbons (Fsp3) is 0.429. The first-order valence-corrected chi connectivity index (χ1v) is 5.52. The topological polar surface area (TPSA) is 0 Å². The van der Waals surface area contributed by atoms with Crippen LogP contribution in [-0.4, -0.2) is 0 Å². The smallest absolute Gasteiger partial charge is 0.0160 e. The first kappa shape index (κ1) is 11.0. The molecule has 1 aliphatic rings. The molecule has 0 heterocycles. The van der Waals surface area contributed by atoms with E-state index < -0.39 is 0 Å². The van der Waals surface area contributed by atoms with Crippen LogP contribution in [0.3, 0.4) is 0 Å². The van der Waals surface area contributed by atoms with Crippen LogP contribution in [0, 0.1) is 6.08 Å². The Hall–Kier alpha value is -1.04. The summed E-state index contributed by atoms with van der Waals surface area (Å²) in [5.41, 5.74) is 0. The molecule has 0 aliphatic heterocycles. The first-order chi connectivity index (χ1) is 7.00. The van der Waals surface area contributed by atoms with Gasteiger partial charge in [0.15, 0.2) is 0 Å². The standard InChI is InChI=1S/C14H19/c1-2-4-6-8-10-12-14-13-11-9-7-5-3-1/h1-4,7,10,12H,5-6,8,11,13-14H2/b3-1-,4-2+,9-7?,12-10-. The molecule has 0 N–H and O–H groups in total. The van der Waals surface area contributed by atoms with Gasteiger partial charge < -0.3 is 0 Å². The Kier molecular flexibility index (Phi) is 6.74. The number of rotatable bonds is 0. The summed E-state index contributed by atoms with van der Waals surface area (Å²) in [5, 5.41) is 0. The second-order valence-corrected chi connectivity index (χ2v) is 3.44. The highest BCUT2D eigenvalue weighted by Crippen LogP contribution is 2.01. The second kappa shape index (κ2) is 8.55. The van der Waals surface area contributed by atoms with Crippen molar-refractivity contribution < 1.29 is 0 Å². The van der Waals surface area contributed by atoms with Crippen LogP contribution in [0.25, 0.3) is 0 Å². The molecule has 0 aromatic rings. The van der Waals surface area contributed by atoms with E-state index in [4.69, 9.17) is 0 Å². The summed E-state index contributed by atoms with van der Waals surface area (Å²) in [7, 11) is 0. The predicted octanol–water partition coefficient (Wildman–Crippen LogP) is 4.37.